The van der Waals surface area contributed by atoms with Gasteiger partial charge < -0.3 is 14.8 Å². The molecule has 0 heterocycles. The molecular weight excluding hydrogens is 238 g/mol. The minimum absolute atomic E-state index is 0.265. The lowest BCUT2D eigenvalue weighted by molar-refractivity contribution is -0.134. The Balaban J connectivity index is 1.89. The number of hydrogen-bond acceptors (Lipinski definition) is 3. The molecule has 0 aromatic heterocycles. The lowest BCUT2D eigenvalue weighted by Crippen LogP contribution is -2.61. The zero-order chi connectivity index (χ0) is 13.9. The number of benzene rings is 1. The molecule has 1 aromatic rings. The fourth-order valence-electron chi connectivity index (χ4n) is 2.92. The van der Waals surface area contributed by atoms with Crippen molar-refractivity contribution in [2.45, 2.75) is 45.4 Å². The first-order chi connectivity index (χ1) is 9.13. The first kappa shape index (κ1) is 14.4. The van der Waals surface area contributed by atoms with E-state index in [1.54, 1.807) is 7.11 Å². The predicted molar refractivity (Wildman–Crippen MR) is 77.4 cm³/mol. The second kappa shape index (κ2) is 5.93. The highest BCUT2D eigenvalue weighted by Crippen LogP contribution is 2.45. The van der Waals surface area contributed by atoms with Gasteiger partial charge in [0.2, 0.25) is 0 Å². The average Bonchev–Trinajstić information content (AvgIpc) is 2.46. The van der Waals surface area contributed by atoms with Gasteiger partial charge in [-0.2, -0.15) is 0 Å². The van der Waals surface area contributed by atoms with Gasteiger partial charge in [-0.1, -0.05) is 26.0 Å². The molecule has 106 valence electrons. The molecule has 1 aliphatic rings. The zero-order valence-electron chi connectivity index (χ0n) is 12.4. The Labute approximate surface area is 116 Å². The van der Waals surface area contributed by atoms with Gasteiger partial charge in [0.15, 0.2) is 0 Å². The fraction of sp³-hybridized carbons (Fsp3) is 0.625. The van der Waals surface area contributed by atoms with Gasteiger partial charge in [-0.3, -0.25) is 0 Å². The second-order valence-electron chi connectivity index (χ2n) is 5.58. The lowest BCUT2D eigenvalue weighted by atomic mass is 9.61. The van der Waals surface area contributed by atoms with Crippen LogP contribution in [0.4, 0.5) is 0 Å². The Kier molecular flexibility index (Phi) is 4.48. The van der Waals surface area contributed by atoms with Crippen molar-refractivity contribution in [1.29, 1.82) is 0 Å². The van der Waals surface area contributed by atoms with Gasteiger partial charge in [0.05, 0.1) is 19.8 Å². The van der Waals surface area contributed by atoms with E-state index in [1.165, 1.54) is 5.56 Å². The molecule has 0 spiro atoms. The summed E-state index contributed by atoms with van der Waals surface area (Å²) >= 11 is 0. The molecule has 1 saturated carbocycles. The fourth-order valence-corrected chi connectivity index (χ4v) is 2.92. The Hall–Kier alpha value is -1.06. The highest BCUT2D eigenvalue weighted by Gasteiger charge is 2.50. The molecule has 0 bridgehead atoms. The van der Waals surface area contributed by atoms with E-state index in [9.17, 15) is 0 Å². The van der Waals surface area contributed by atoms with Crippen LogP contribution in [-0.2, 0) is 11.3 Å². The summed E-state index contributed by atoms with van der Waals surface area (Å²) in [7, 11) is 3.72. The van der Waals surface area contributed by atoms with Crippen molar-refractivity contribution >= 4 is 0 Å². The normalized spacial score (nSPS) is 29.9. The van der Waals surface area contributed by atoms with E-state index < -0.39 is 0 Å². The molecule has 1 aromatic carbocycles. The molecule has 3 unspecified atom stereocenters. The molecular formula is C16H25NO2. The van der Waals surface area contributed by atoms with Crippen molar-refractivity contribution in [3.63, 3.8) is 0 Å². The highest BCUT2D eigenvalue weighted by molar-refractivity contribution is 5.26. The van der Waals surface area contributed by atoms with Gasteiger partial charge in [-0.15, -0.1) is 0 Å². The van der Waals surface area contributed by atoms with Crippen molar-refractivity contribution in [3.8, 4) is 5.75 Å². The van der Waals surface area contributed by atoms with E-state index >= 15 is 0 Å². The lowest BCUT2D eigenvalue weighted by Gasteiger charge is -2.53. The van der Waals surface area contributed by atoms with E-state index in [0.29, 0.717) is 18.8 Å². The van der Waals surface area contributed by atoms with Crippen LogP contribution >= 0.6 is 0 Å². The molecule has 3 nitrogen and oxygen atoms in total. The Morgan fingerprint density at radius 3 is 2.53 bits per heavy atom. The molecule has 19 heavy (non-hydrogen) atoms. The summed E-state index contributed by atoms with van der Waals surface area (Å²) in [5, 5.41) is 3.39. The molecule has 1 aliphatic carbocycles. The van der Waals surface area contributed by atoms with Gasteiger partial charge >= 0.3 is 0 Å². The molecule has 0 radical (unpaired) electrons. The maximum atomic E-state index is 6.10. The standard InChI is InChI=1S/C16H25NO2/c1-5-16(2)14(17-3)10-15(16)19-11-12-6-8-13(18-4)9-7-12/h6-9,14-15,17H,5,10-11H2,1-4H3. The van der Waals surface area contributed by atoms with Crippen LogP contribution in [0, 0.1) is 5.41 Å². The Morgan fingerprint density at radius 2 is 2.00 bits per heavy atom. The summed E-state index contributed by atoms with van der Waals surface area (Å²) in [6.07, 6.45) is 2.61. The van der Waals surface area contributed by atoms with Crippen molar-refractivity contribution < 1.29 is 9.47 Å². The summed E-state index contributed by atoms with van der Waals surface area (Å²) in [4.78, 5) is 0. The van der Waals surface area contributed by atoms with Crippen LogP contribution in [0.15, 0.2) is 24.3 Å². The second-order valence-corrected chi connectivity index (χ2v) is 5.58. The number of methoxy groups -OCH3 is 1. The van der Waals surface area contributed by atoms with Crippen LogP contribution in [0.25, 0.3) is 0 Å². The largest absolute Gasteiger partial charge is 0.497 e. The average molecular weight is 263 g/mol. The minimum atomic E-state index is 0.265. The van der Waals surface area contributed by atoms with Crippen LogP contribution in [0.5, 0.6) is 5.75 Å². The smallest absolute Gasteiger partial charge is 0.118 e. The minimum Gasteiger partial charge on any atom is -0.497 e. The third-order valence-corrected chi connectivity index (χ3v) is 4.70. The maximum absolute atomic E-state index is 6.10. The van der Waals surface area contributed by atoms with Crippen LogP contribution < -0.4 is 10.1 Å². The van der Waals surface area contributed by atoms with Gasteiger partial charge in [-0.25, -0.2) is 0 Å². The quantitative estimate of drug-likeness (QED) is 0.856. The molecule has 3 heteroatoms. The van der Waals surface area contributed by atoms with Gasteiger partial charge in [-0.05, 0) is 37.6 Å². The first-order valence-corrected chi connectivity index (χ1v) is 7.05. The van der Waals surface area contributed by atoms with Crippen molar-refractivity contribution in [3.05, 3.63) is 29.8 Å². The van der Waals surface area contributed by atoms with Crippen LogP contribution in [0.2, 0.25) is 0 Å². The number of nitrogens with one attached hydrogen (secondary N) is 1. The summed E-state index contributed by atoms with van der Waals surface area (Å²) in [5.41, 5.74) is 1.47. The number of hydrogen-bond donors (Lipinski definition) is 1. The monoisotopic (exact) mass is 263 g/mol. The topological polar surface area (TPSA) is 30.5 Å². The van der Waals surface area contributed by atoms with Crippen molar-refractivity contribution in [2.24, 2.45) is 5.41 Å². The SMILES string of the molecule is CCC1(C)C(NC)CC1OCc1ccc(OC)cc1. The van der Waals surface area contributed by atoms with E-state index in [4.69, 9.17) is 9.47 Å². The molecule has 1 N–H and O–H groups in total. The Morgan fingerprint density at radius 1 is 1.32 bits per heavy atom. The number of ether oxygens (including phenoxy) is 2. The summed E-state index contributed by atoms with van der Waals surface area (Å²) in [6.45, 7) is 5.24. The van der Waals surface area contributed by atoms with Crippen LogP contribution in [-0.4, -0.2) is 26.3 Å². The van der Waals surface area contributed by atoms with E-state index in [1.807, 2.05) is 19.2 Å². The highest BCUT2D eigenvalue weighted by atomic mass is 16.5. The van der Waals surface area contributed by atoms with Crippen LogP contribution in [0.3, 0.4) is 0 Å². The summed E-state index contributed by atoms with van der Waals surface area (Å²) in [6, 6.07) is 8.68. The third-order valence-electron chi connectivity index (χ3n) is 4.70. The van der Waals surface area contributed by atoms with Gasteiger partial charge in [0.1, 0.15) is 5.75 Å². The van der Waals surface area contributed by atoms with Gasteiger partial charge in [0.25, 0.3) is 0 Å². The molecule has 3 atom stereocenters. The molecule has 2 rings (SSSR count). The van der Waals surface area contributed by atoms with Crippen LogP contribution in [0.1, 0.15) is 32.3 Å². The third kappa shape index (κ3) is 2.77. The summed E-state index contributed by atoms with van der Waals surface area (Å²) in [5.74, 6) is 0.890. The van der Waals surface area contributed by atoms with Gasteiger partial charge in [0, 0.05) is 11.5 Å². The molecule has 0 amide bonds. The summed E-state index contributed by atoms with van der Waals surface area (Å²) < 4.78 is 11.3. The number of rotatable bonds is 6. The Bertz CT molecular complexity index is 404. The van der Waals surface area contributed by atoms with Crippen molar-refractivity contribution in [1.82, 2.24) is 5.32 Å². The predicted octanol–water partition coefficient (Wildman–Crippen LogP) is 2.99. The zero-order valence-corrected chi connectivity index (χ0v) is 12.4. The molecule has 1 fully saturated rings. The van der Waals surface area contributed by atoms with E-state index in [0.717, 1.165) is 18.6 Å². The molecule has 0 aliphatic heterocycles. The first-order valence-electron chi connectivity index (χ1n) is 7.05. The maximum Gasteiger partial charge on any atom is 0.118 e. The van der Waals surface area contributed by atoms with E-state index in [-0.39, 0.29) is 5.41 Å². The van der Waals surface area contributed by atoms with E-state index in [2.05, 4.69) is 31.3 Å². The van der Waals surface area contributed by atoms with Crippen molar-refractivity contribution in [2.75, 3.05) is 14.2 Å². The molecule has 0 saturated heterocycles.